The first kappa shape index (κ1) is 25.3. The SMILES string of the molecule is CC[C@H](C)c1nc2ccc(Br)cc2c(=O)n1N=Cc1cc(I)c(OCc2ccccc2)c(I)c1. The second-order valence-electron chi connectivity index (χ2n) is 7.89. The molecule has 174 valence electrons. The second kappa shape index (κ2) is 11.3. The summed E-state index contributed by atoms with van der Waals surface area (Å²) in [6, 6.07) is 19.7. The summed E-state index contributed by atoms with van der Waals surface area (Å²) in [7, 11) is 0. The molecule has 0 saturated heterocycles. The van der Waals surface area contributed by atoms with Crippen molar-refractivity contribution in [3.05, 3.63) is 99.6 Å². The van der Waals surface area contributed by atoms with Gasteiger partial charge in [0.05, 0.1) is 24.3 Å². The van der Waals surface area contributed by atoms with Crippen molar-refractivity contribution < 1.29 is 4.74 Å². The lowest BCUT2D eigenvalue weighted by Gasteiger charge is -2.14. The zero-order chi connectivity index (χ0) is 24.2. The number of benzene rings is 3. The van der Waals surface area contributed by atoms with Gasteiger partial charge in [0.25, 0.3) is 5.56 Å². The van der Waals surface area contributed by atoms with Gasteiger partial charge in [-0.05, 0) is 93.1 Å². The van der Waals surface area contributed by atoms with E-state index in [9.17, 15) is 4.79 Å². The van der Waals surface area contributed by atoms with Gasteiger partial charge in [0.1, 0.15) is 18.2 Å². The fourth-order valence-corrected chi connectivity index (χ4v) is 5.91. The molecule has 0 amide bonds. The maximum atomic E-state index is 13.3. The van der Waals surface area contributed by atoms with Crippen molar-refractivity contribution >= 4 is 78.2 Å². The zero-order valence-corrected chi connectivity index (χ0v) is 24.5. The van der Waals surface area contributed by atoms with E-state index in [1.165, 1.54) is 4.68 Å². The van der Waals surface area contributed by atoms with Crippen LogP contribution in [-0.4, -0.2) is 15.9 Å². The van der Waals surface area contributed by atoms with Crippen molar-refractivity contribution in [2.24, 2.45) is 5.10 Å². The molecule has 0 N–H and O–H groups in total. The normalized spacial score (nSPS) is 12.4. The number of rotatable bonds is 7. The summed E-state index contributed by atoms with van der Waals surface area (Å²) < 4.78 is 10.3. The Hall–Kier alpha value is -1.79. The molecule has 0 aliphatic carbocycles. The van der Waals surface area contributed by atoms with E-state index >= 15 is 0 Å². The van der Waals surface area contributed by atoms with Crippen LogP contribution in [0, 0.1) is 7.14 Å². The van der Waals surface area contributed by atoms with Crippen molar-refractivity contribution in [3.63, 3.8) is 0 Å². The summed E-state index contributed by atoms with van der Waals surface area (Å²) in [5.41, 5.74) is 2.51. The van der Waals surface area contributed by atoms with Crippen molar-refractivity contribution in [2.75, 3.05) is 0 Å². The molecule has 0 aliphatic rings. The number of ether oxygens (including phenoxy) is 1. The Morgan fingerprint density at radius 1 is 1.12 bits per heavy atom. The average Bonchev–Trinajstić information content (AvgIpc) is 2.83. The molecule has 4 aromatic rings. The Morgan fingerprint density at radius 3 is 2.50 bits per heavy atom. The van der Waals surface area contributed by atoms with E-state index in [4.69, 9.17) is 9.72 Å². The Bertz CT molecular complexity index is 1400. The van der Waals surface area contributed by atoms with E-state index < -0.39 is 0 Å². The number of aromatic nitrogens is 2. The molecule has 1 atom stereocenters. The van der Waals surface area contributed by atoms with Crippen LogP contribution in [0.5, 0.6) is 5.75 Å². The third-order valence-electron chi connectivity index (χ3n) is 5.46. The van der Waals surface area contributed by atoms with Crippen LogP contribution >= 0.6 is 61.1 Å². The Labute approximate surface area is 234 Å². The molecule has 1 aromatic heterocycles. The van der Waals surface area contributed by atoms with Gasteiger partial charge in [0.15, 0.2) is 0 Å². The topological polar surface area (TPSA) is 56.5 Å². The smallest absolute Gasteiger partial charge is 0.282 e. The highest BCUT2D eigenvalue weighted by molar-refractivity contribution is 14.1. The molecule has 0 saturated carbocycles. The summed E-state index contributed by atoms with van der Waals surface area (Å²) in [5, 5.41) is 5.12. The first-order chi connectivity index (χ1) is 16.4. The minimum atomic E-state index is -0.176. The van der Waals surface area contributed by atoms with Gasteiger partial charge in [-0.25, -0.2) is 4.98 Å². The van der Waals surface area contributed by atoms with Crippen LogP contribution in [0.3, 0.4) is 0 Å². The largest absolute Gasteiger partial charge is 0.487 e. The predicted molar refractivity (Wildman–Crippen MR) is 158 cm³/mol. The fraction of sp³-hybridized carbons (Fsp3) is 0.192. The molecular formula is C26H22BrI2N3O2. The average molecular weight is 742 g/mol. The molecule has 0 radical (unpaired) electrons. The standard InChI is InChI=1S/C26H22BrI2N3O2/c1-3-16(2)25-31-23-10-9-19(27)13-20(23)26(33)32(25)30-14-18-11-21(28)24(22(29)12-18)34-15-17-7-5-4-6-8-17/h4-14,16H,3,15H2,1-2H3/t16-/m0/s1. The van der Waals surface area contributed by atoms with Crippen LogP contribution in [0.1, 0.15) is 43.1 Å². The lowest BCUT2D eigenvalue weighted by atomic mass is 10.1. The van der Waals surface area contributed by atoms with Gasteiger partial charge in [-0.2, -0.15) is 9.78 Å². The lowest BCUT2D eigenvalue weighted by Crippen LogP contribution is -2.23. The number of hydrogen-bond acceptors (Lipinski definition) is 4. The van der Waals surface area contributed by atoms with Gasteiger partial charge in [-0.1, -0.05) is 60.1 Å². The molecule has 0 aliphatic heterocycles. The van der Waals surface area contributed by atoms with Crippen molar-refractivity contribution in [1.82, 2.24) is 9.66 Å². The summed E-state index contributed by atoms with van der Waals surface area (Å²) in [6.45, 7) is 4.64. The first-order valence-electron chi connectivity index (χ1n) is 10.8. The molecule has 1 heterocycles. The molecule has 0 fully saturated rings. The molecule has 0 bridgehead atoms. The second-order valence-corrected chi connectivity index (χ2v) is 11.1. The summed E-state index contributed by atoms with van der Waals surface area (Å²) in [5.74, 6) is 1.59. The monoisotopic (exact) mass is 741 g/mol. The van der Waals surface area contributed by atoms with Gasteiger partial charge in [0, 0.05) is 10.4 Å². The molecule has 0 unspecified atom stereocenters. The van der Waals surface area contributed by atoms with E-state index in [-0.39, 0.29) is 11.5 Å². The highest BCUT2D eigenvalue weighted by Gasteiger charge is 2.16. The minimum Gasteiger partial charge on any atom is -0.487 e. The van der Waals surface area contributed by atoms with E-state index in [0.717, 1.165) is 34.9 Å². The summed E-state index contributed by atoms with van der Waals surface area (Å²) >= 11 is 8.00. The maximum absolute atomic E-state index is 13.3. The van der Waals surface area contributed by atoms with Crippen molar-refractivity contribution in [1.29, 1.82) is 0 Å². The van der Waals surface area contributed by atoms with Gasteiger partial charge in [0.2, 0.25) is 0 Å². The molecular weight excluding hydrogens is 720 g/mol. The van der Waals surface area contributed by atoms with Crippen LogP contribution < -0.4 is 10.3 Å². The quantitative estimate of drug-likeness (QED) is 0.147. The van der Waals surface area contributed by atoms with E-state index in [1.807, 2.05) is 54.6 Å². The summed E-state index contributed by atoms with van der Waals surface area (Å²) in [6.07, 6.45) is 2.57. The fourth-order valence-electron chi connectivity index (χ4n) is 3.43. The van der Waals surface area contributed by atoms with Gasteiger partial charge in [-0.3, -0.25) is 4.79 Å². The van der Waals surface area contributed by atoms with E-state index in [1.54, 1.807) is 12.3 Å². The van der Waals surface area contributed by atoms with Crippen LogP contribution in [0.25, 0.3) is 10.9 Å². The molecule has 3 aromatic carbocycles. The Morgan fingerprint density at radius 2 is 1.82 bits per heavy atom. The van der Waals surface area contributed by atoms with Gasteiger partial charge < -0.3 is 4.74 Å². The number of hydrogen-bond donors (Lipinski definition) is 0. The molecule has 8 heteroatoms. The number of fused-ring (bicyclic) bond motifs is 1. The molecule has 5 nitrogen and oxygen atoms in total. The zero-order valence-electron chi connectivity index (χ0n) is 18.6. The highest BCUT2D eigenvalue weighted by atomic mass is 127. The Kier molecular flexibility index (Phi) is 8.41. The van der Waals surface area contributed by atoms with Crippen LogP contribution in [-0.2, 0) is 6.61 Å². The number of nitrogens with zero attached hydrogens (tertiary/aromatic N) is 3. The van der Waals surface area contributed by atoms with E-state index in [2.05, 4.69) is 80.1 Å². The third-order valence-corrected chi connectivity index (χ3v) is 7.55. The van der Waals surface area contributed by atoms with Crippen LogP contribution in [0.4, 0.5) is 0 Å². The predicted octanol–water partition coefficient (Wildman–Crippen LogP) is 7.34. The van der Waals surface area contributed by atoms with Gasteiger partial charge >= 0.3 is 0 Å². The third kappa shape index (κ3) is 5.71. The first-order valence-corrected chi connectivity index (χ1v) is 13.7. The maximum Gasteiger partial charge on any atom is 0.282 e. The van der Waals surface area contributed by atoms with Crippen LogP contribution in [0.15, 0.2) is 75.0 Å². The Balaban J connectivity index is 1.68. The van der Waals surface area contributed by atoms with Crippen molar-refractivity contribution in [2.45, 2.75) is 32.8 Å². The minimum absolute atomic E-state index is 0.0898. The highest BCUT2D eigenvalue weighted by Crippen LogP contribution is 2.29. The molecule has 0 spiro atoms. The molecule has 4 rings (SSSR count). The summed E-state index contributed by atoms with van der Waals surface area (Å²) in [4.78, 5) is 18.1. The number of halogens is 3. The molecule has 34 heavy (non-hydrogen) atoms. The lowest BCUT2D eigenvalue weighted by molar-refractivity contribution is 0.302. The van der Waals surface area contributed by atoms with Crippen molar-refractivity contribution in [3.8, 4) is 5.75 Å². The van der Waals surface area contributed by atoms with E-state index in [0.29, 0.717) is 23.3 Å². The van der Waals surface area contributed by atoms with Gasteiger partial charge in [-0.15, -0.1) is 0 Å². The van der Waals surface area contributed by atoms with Crippen LogP contribution in [0.2, 0.25) is 0 Å².